The summed E-state index contributed by atoms with van der Waals surface area (Å²) in [6, 6.07) is 0. The van der Waals surface area contributed by atoms with Crippen LogP contribution in [0.3, 0.4) is 0 Å². The summed E-state index contributed by atoms with van der Waals surface area (Å²) in [6.45, 7) is -0.310. The summed E-state index contributed by atoms with van der Waals surface area (Å²) in [7, 11) is -7.47. The van der Waals surface area contributed by atoms with Gasteiger partial charge in [-0.15, -0.1) is 0 Å². The summed E-state index contributed by atoms with van der Waals surface area (Å²) in [5.41, 5.74) is 0. The lowest BCUT2D eigenvalue weighted by Gasteiger charge is -2.43. The quantitative estimate of drug-likeness (QED) is 0.264. The Bertz CT molecular complexity index is 865. The fourth-order valence-corrected chi connectivity index (χ4v) is 3.76. The Morgan fingerprint density at radius 3 is 1.17 bits per heavy atom. The van der Waals surface area contributed by atoms with Crippen LogP contribution in [-0.2, 0) is 10.0 Å². The third-order valence-electron chi connectivity index (χ3n) is 4.19. The Kier molecular flexibility index (Phi) is 8.57. The Labute approximate surface area is 183 Å². The molecule has 0 saturated heterocycles. The van der Waals surface area contributed by atoms with E-state index in [2.05, 4.69) is 0 Å². The molecule has 0 aromatic heterocycles. The molecule has 0 aromatic carbocycles. The maximum Gasteiger partial charge on any atom is 0.460 e. The second-order valence-electron chi connectivity index (χ2n) is 6.71. The third-order valence-corrected chi connectivity index (χ3v) is 6.20. The number of aliphatic hydroxyl groups excluding tert-OH is 1. The first kappa shape index (κ1) is 33.7. The normalized spacial score (nSPS) is 17.2. The second kappa shape index (κ2) is 8.91. The van der Waals surface area contributed by atoms with Crippen molar-refractivity contribution in [2.45, 2.75) is 73.5 Å². The van der Waals surface area contributed by atoms with E-state index in [4.69, 9.17) is 5.11 Å². The highest BCUT2D eigenvalue weighted by Gasteiger charge is 2.96. The van der Waals surface area contributed by atoms with Crippen LogP contribution in [-0.4, -0.2) is 77.6 Å². The monoisotopic (exact) mass is 585 g/mol. The Morgan fingerprint density at radius 2 is 0.914 bits per heavy atom. The van der Waals surface area contributed by atoms with Crippen LogP contribution in [0, 0.1) is 0 Å². The van der Waals surface area contributed by atoms with Gasteiger partial charge < -0.3 is 5.11 Å². The van der Waals surface area contributed by atoms with E-state index in [1.165, 1.54) is 0 Å². The Hall–Kier alpha value is -1.32. The number of hydrogen-bond acceptors (Lipinski definition) is 3. The highest BCUT2D eigenvalue weighted by Crippen LogP contribution is 2.64. The number of alkyl halides is 17. The molecule has 212 valence electrons. The Balaban J connectivity index is 7.08. The zero-order valence-corrected chi connectivity index (χ0v) is 17.4. The van der Waals surface area contributed by atoms with Crippen LogP contribution in [0.25, 0.3) is 0 Å². The number of hydrogen-bond donors (Lipinski definition) is 1. The van der Waals surface area contributed by atoms with E-state index >= 15 is 0 Å². The maximum atomic E-state index is 14.0. The van der Waals surface area contributed by atoms with E-state index in [9.17, 15) is 83.1 Å². The summed E-state index contributed by atoms with van der Waals surface area (Å²) >= 11 is 0. The minimum Gasteiger partial charge on any atom is -0.378 e. The summed E-state index contributed by atoms with van der Waals surface area (Å²) < 4.78 is 247. The molecule has 1 atom stereocenters. The number of rotatable bonds is 11. The van der Waals surface area contributed by atoms with Gasteiger partial charge in [0.05, 0.1) is 0 Å². The molecule has 0 aliphatic heterocycles. The van der Waals surface area contributed by atoms with Gasteiger partial charge in [-0.1, -0.05) is 6.92 Å². The largest absolute Gasteiger partial charge is 0.460 e. The van der Waals surface area contributed by atoms with E-state index in [1.807, 2.05) is 0 Å². The average Bonchev–Trinajstić information content (AvgIpc) is 2.63. The van der Waals surface area contributed by atoms with Crippen molar-refractivity contribution in [3.8, 4) is 0 Å². The van der Waals surface area contributed by atoms with Gasteiger partial charge in [-0.2, -0.15) is 78.9 Å². The fourth-order valence-electron chi connectivity index (χ4n) is 2.19. The van der Waals surface area contributed by atoms with Crippen molar-refractivity contribution < 1.29 is 88.2 Å². The molecule has 0 heterocycles. The van der Waals surface area contributed by atoms with E-state index in [1.54, 1.807) is 0 Å². The topological polar surface area (TPSA) is 57.6 Å². The molecule has 0 rings (SSSR count). The molecule has 35 heavy (non-hydrogen) atoms. The van der Waals surface area contributed by atoms with Crippen molar-refractivity contribution >= 4 is 10.0 Å². The molecule has 0 radical (unpaired) electrons. The molecule has 0 aromatic rings. The van der Waals surface area contributed by atoms with Gasteiger partial charge in [-0.3, -0.25) is 0 Å². The van der Waals surface area contributed by atoms with Gasteiger partial charge in [0.2, 0.25) is 0 Å². The van der Waals surface area contributed by atoms with E-state index in [-0.39, 0.29) is 6.92 Å². The minimum atomic E-state index is -8.89. The van der Waals surface area contributed by atoms with Crippen LogP contribution >= 0.6 is 0 Å². The van der Waals surface area contributed by atoms with Gasteiger partial charge in [-0.25, -0.2) is 8.42 Å². The molecule has 0 bridgehead atoms. The Morgan fingerprint density at radius 1 is 0.629 bits per heavy atom. The predicted molar refractivity (Wildman–Crippen MR) is 78.3 cm³/mol. The molecule has 0 aliphatic carbocycles. The van der Waals surface area contributed by atoms with Crippen LogP contribution < -0.4 is 0 Å². The van der Waals surface area contributed by atoms with Gasteiger partial charge in [0.15, 0.2) is 0 Å². The SMILES string of the molecule is CCCN(C(C)O)S(=O)(=O)C(F)(F)C(F)(F)C(F)(F)C(F)(F)C(F)(F)C(F)(F)C(F)(F)C(F)(F)F. The lowest BCUT2D eigenvalue weighted by Crippen LogP contribution is -2.75. The number of sulfonamides is 1. The molecular formula is C13H12F17NO3S. The van der Waals surface area contributed by atoms with Crippen molar-refractivity contribution in [1.82, 2.24) is 4.31 Å². The van der Waals surface area contributed by atoms with E-state index in [0.717, 1.165) is 6.92 Å². The minimum absolute atomic E-state index is 0.224. The van der Waals surface area contributed by atoms with Gasteiger partial charge in [0.25, 0.3) is 10.0 Å². The van der Waals surface area contributed by atoms with Crippen LogP contribution in [0.2, 0.25) is 0 Å². The summed E-state index contributed by atoms with van der Waals surface area (Å²) in [4.78, 5) is 0. The van der Waals surface area contributed by atoms with Gasteiger partial charge >= 0.3 is 47.0 Å². The van der Waals surface area contributed by atoms with Crippen LogP contribution in [0.5, 0.6) is 0 Å². The smallest absolute Gasteiger partial charge is 0.378 e. The van der Waals surface area contributed by atoms with E-state index in [0.29, 0.717) is 0 Å². The molecule has 0 amide bonds. The molecule has 4 nitrogen and oxygen atoms in total. The summed E-state index contributed by atoms with van der Waals surface area (Å²) in [5.74, 6) is -51.9. The number of aliphatic hydroxyl groups is 1. The van der Waals surface area contributed by atoms with Crippen LogP contribution in [0.4, 0.5) is 74.6 Å². The lowest BCUT2D eigenvalue weighted by molar-refractivity contribution is -0.458. The second-order valence-corrected chi connectivity index (χ2v) is 8.64. The number of nitrogens with zero attached hydrogens (tertiary/aromatic N) is 1. The first-order valence-corrected chi connectivity index (χ1v) is 9.74. The third kappa shape index (κ3) is 4.39. The van der Waals surface area contributed by atoms with Crippen molar-refractivity contribution in [2.75, 3.05) is 6.54 Å². The van der Waals surface area contributed by atoms with Crippen molar-refractivity contribution in [1.29, 1.82) is 0 Å². The first-order chi connectivity index (χ1) is 14.9. The fraction of sp³-hybridized carbons (Fsp3) is 1.00. The van der Waals surface area contributed by atoms with Crippen molar-refractivity contribution in [2.24, 2.45) is 0 Å². The van der Waals surface area contributed by atoms with Crippen LogP contribution in [0.15, 0.2) is 0 Å². The highest BCUT2D eigenvalue weighted by molar-refractivity contribution is 7.90. The number of halogens is 17. The molecular weight excluding hydrogens is 573 g/mol. The zero-order valence-electron chi connectivity index (χ0n) is 16.5. The van der Waals surface area contributed by atoms with Crippen LogP contribution in [0.1, 0.15) is 20.3 Å². The van der Waals surface area contributed by atoms with E-state index < -0.39 is 80.5 Å². The van der Waals surface area contributed by atoms with Gasteiger partial charge in [0, 0.05) is 6.54 Å². The van der Waals surface area contributed by atoms with Gasteiger partial charge in [-0.05, 0) is 13.3 Å². The van der Waals surface area contributed by atoms with Gasteiger partial charge in [0.1, 0.15) is 6.23 Å². The molecule has 1 N–H and O–H groups in total. The first-order valence-electron chi connectivity index (χ1n) is 8.30. The lowest BCUT2D eigenvalue weighted by atomic mass is 9.91. The molecule has 0 spiro atoms. The van der Waals surface area contributed by atoms with Crippen molar-refractivity contribution in [3.05, 3.63) is 0 Å². The molecule has 0 fully saturated rings. The molecule has 1 unspecified atom stereocenters. The summed E-state index contributed by atoms with van der Waals surface area (Å²) in [6.07, 6.45) is -11.4. The summed E-state index contributed by atoms with van der Waals surface area (Å²) in [5, 5.41) is 1.43. The average molecular weight is 585 g/mol. The molecule has 0 aliphatic rings. The standard InChI is InChI=1S/C13H12F17NO3S/c1-3-4-31(5(2)32)35(33,34)13(29,30)11(24,25)9(20,21)7(16,17)6(14,15)8(18,19)10(22,23)12(26,27)28/h5,32H,3-4H2,1-2H3. The molecule has 22 heteroatoms. The predicted octanol–water partition coefficient (Wildman–Crippen LogP) is 5.33. The molecule has 0 saturated carbocycles. The van der Waals surface area contributed by atoms with Crippen molar-refractivity contribution in [3.63, 3.8) is 0 Å². The zero-order chi connectivity index (χ0) is 29.1. The maximum absolute atomic E-state index is 14.0. The highest BCUT2D eigenvalue weighted by atomic mass is 32.2.